The summed E-state index contributed by atoms with van der Waals surface area (Å²) < 4.78 is 37.6. The average molecular weight is 435 g/mol. The Bertz CT molecular complexity index is 1020. The van der Waals surface area contributed by atoms with Crippen molar-refractivity contribution < 1.29 is 18.3 Å². The molecule has 3 aromatic rings. The molecule has 0 amide bonds. The van der Waals surface area contributed by atoms with Crippen molar-refractivity contribution in [3.05, 3.63) is 48.3 Å². The monoisotopic (exact) mass is 434 g/mol. The minimum atomic E-state index is -2.50. The van der Waals surface area contributed by atoms with Gasteiger partial charge in [-0.15, -0.1) is 12.4 Å². The largest absolute Gasteiger partial charge is 0.496 e. The van der Waals surface area contributed by atoms with Gasteiger partial charge in [0.05, 0.1) is 30.8 Å². The normalized spacial score (nSPS) is 16.5. The number of alkyl halides is 2. The van der Waals surface area contributed by atoms with Crippen LogP contribution in [0.4, 0.5) is 8.78 Å². The molecule has 0 radical (unpaired) electrons. The first-order chi connectivity index (χ1) is 14.0. The molecule has 0 spiro atoms. The topological polar surface area (TPSA) is 47.1 Å². The van der Waals surface area contributed by atoms with Gasteiger partial charge in [-0.3, -0.25) is 0 Å². The van der Waals surface area contributed by atoms with Crippen LogP contribution in [0.15, 0.2) is 42.5 Å². The number of ether oxygens (including phenoxy) is 2. The first kappa shape index (κ1) is 22.1. The number of aromatic amines is 1. The maximum Gasteiger partial charge on any atom is 0.248 e. The second-order valence-electron chi connectivity index (χ2n) is 7.44. The molecule has 1 aliphatic carbocycles. The highest BCUT2D eigenvalue weighted by Crippen LogP contribution is 2.39. The Morgan fingerprint density at radius 3 is 2.37 bits per heavy atom. The molecular weight excluding hydrogens is 410 g/mol. The molecule has 4 nitrogen and oxygen atoms in total. The van der Waals surface area contributed by atoms with Gasteiger partial charge in [0.1, 0.15) is 17.3 Å². The van der Waals surface area contributed by atoms with Crippen LogP contribution in [0.3, 0.4) is 0 Å². The maximum atomic E-state index is 13.3. The minimum Gasteiger partial charge on any atom is -0.496 e. The van der Waals surface area contributed by atoms with Gasteiger partial charge in [-0.05, 0) is 54.7 Å². The highest BCUT2D eigenvalue weighted by molar-refractivity contribution is 5.86. The third kappa shape index (κ3) is 4.59. The summed E-state index contributed by atoms with van der Waals surface area (Å²) >= 11 is 0. The maximum absolute atomic E-state index is 13.3. The number of hydrogen-bond acceptors (Lipinski definition) is 3. The number of halogens is 3. The molecule has 1 saturated carbocycles. The van der Waals surface area contributed by atoms with Crippen LogP contribution >= 0.6 is 12.4 Å². The van der Waals surface area contributed by atoms with Crippen LogP contribution < -0.4 is 9.47 Å². The number of aromatic nitrogens is 2. The van der Waals surface area contributed by atoms with Crippen molar-refractivity contribution >= 4 is 29.5 Å². The van der Waals surface area contributed by atoms with E-state index in [0.717, 1.165) is 39.5 Å². The molecular formula is C23H25ClF2N2O2. The third-order valence-electron chi connectivity index (χ3n) is 5.50. The van der Waals surface area contributed by atoms with E-state index in [1.165, 1.54) is 0 Å². The van der Waals surface area contributed by atoms with Gasteiger partial charge in [0.25, 0.3) is 0 Å². The predicted octanol–water partition coefficient (Wildman–Crippen LogP) is 6.51. The highest BCUT2D eigenvalue weighted by Gasteiger charge is 2.33. The summed E-state index contributed by atoms with van der Waals surface area (Å²) in [5, 5.41) is 0. The van der Waals surface area contributed by atoms with Crippen LogP contribution in [0.2, 0.25) is 0 Å². The number of allylic oxidation sites excluding steroid dienone is 1. The molecule has 1 N–H and O–H groups in total. The van der Waals surface area contributed by atoms with E-state index in [1.54, 1.807) is 14.2 Å². The first-order valence-electron chi connectivity index (χ1n) is 9.76. The van der Waals surface area contributed by atoms with Crippen molar-refractivity contribution in [1.29, 1.82) is 0 Å². The van der Waals surface area contributed by atoms with E-state index in [1.807, 2.05) is 48.6 Å². The summed E-state index contributed by atoms with van der Waals surface area (Å²) in [4.78, 5) is 7.90. The second kappa shape index (κ2) is 9.04. The van der Waals surface area contributed by atoms with Crippen molar-refractivity contribution in [3.8, 4) is 22.6 Å². The zero-order valence-electron chi connectivity index (χ0n) is 17.0. The van der Waals surface area contributed by atoms with E-state index in [2.05, 4.69) is 9.97 Å². The number of nitrogens with one attached hydrogen (secondary N) is 1. The molecule has 0 bridgehead atoms. The van der Waals surface area contributed by atoms with Crippen LogP contribution in [-0.2, 0) is 0 Å². The molecule has 7 heteroatoms. The van der Waals surface area contributed by atoms with Gasteiger partial charge < -0.3 is 14.5 Å². The van der Waals surface area contributed by atoms with Gasteiger partial charge in [-0.25, -0.2) is 13.8 Å². The lowest BCUT2D eigenvalue weighted by Gasteiger charge is -2.26. The van der Waals surface area contributed by atoms with Gasteiger partial charge in [-0.1, -0.05) is 18.2 Å². The molecule has 0 saturated heterocycles. The summed E-state index contributed by atoms with van der Waals surface area (Å²) in [6, 6.07) is 11.6. The Balaban J connectivity index is 0.00000256. The minimum absolute atomic E-state index is 0. The lowest BCUT2D eigenvalue weighted by Crippen LogP contribution is -2.23. The lowest BCUT2D eigenvalue weighted by molar-refractivity contribution is -0.0410. The molecule has 1 aromatic heterocycles. The zero-order valence-corrected chi connectivity index (χ0v) is 17.8. The molecule has 0 unspecified atom stereocenters. The van der Waals surface area contributed by atoms with Gasteiger partial charge >= 0.3 is 0 Å². The lowest BCUT2D eigenvalue weighted by atomic mass is 9.86. The number of fused-ring (bicyclic) bond motifs is 1. The van der Waals surface area contributed by atoms with Gasteiger partial charge in [0.2, 0.25) is 5.92 Å². The van der Waals surface area contributed by atoms with E-state index in [0.29, 0.717) is 12.8 Å². The highest BCUT2D eigenvalue weighted by atomic mass is 35.5. The second-order valence-corrected chi connectivity index (χ2v) is 7.44. The van der Waals surface area contributed by atoms with Crippen LogP contribution in [0.1, 0.15) is 31.5 Å². The van der Waals surface area contributed by atoms with Crippen molar-refractivity contribution in [2.45, 2.75) is 31.6 Å². The van der Waals surface area contributed by atoms with E-state index in [4.69, 9.17) is 9.47 Å². The average Bonchev–Trinajstić information content (AvgIpc) is 3.14. The van der Waals surface area contributed by atoms with Crippen molar-refractivity contribution in [3.63, 3.8) is 0 Å². The molecule has 1 aliphatic rings. The number of rotatable bonds is 5. The number of methoxy groups -OCH3 is 2. The fourth-order valence-electron chi connectivity index (χ4n) is 3.88. The smallest absolute Gasteiger partial charge is 0.248 e. The molecule has 30 heavy (non-hydrogen) atoms. The van der Waals surface area contributed by atoms with Gasteiger partial charge in [0.15, 0.2) is 0 Å². The SMILES string of the molecule is COc1cccc(OC)c1-c1ccc2nc(C=CC3CCC(F)(F)CC3)[nH]c2c1.Cl. The molecule has 4 rings (SSSR count). The number of H-pyrrole nitrogens is 1. The van der Waals surface area contributed by atoms with Crippen LogP contribution in [0.5, 0.6) is 11.5 Å². The molecule has 0 atom stereocenters. The summed E-state index contributed by atoms with van der Waals surface area (Å²) in [7, 11) is 3.27. The quantitative estimate of drug-likeness (QED) is 0.498. The molecule has 2 aromatic carbocycles. The van der Waals surface area contributed by atoms with Crippen molar-refractivity contribution in [2.75, 3.05) is 14.2 Å². The molecule has 0 aliphatic heterocycles. The Hall–Kier alpha value is -2.60. The summed E-state index contributed by atoms with van der Waals surface area (Å²) in [6.07, 6.45) is 4.86. The molecule has 1 heterocycles. The third-order valence-corrected chi connectivity index (χ3v) is 5.50. The summed E-state index contributed by atoms with van der Waals surface area (Å²) in [5.41, 5.74) is 3.58. The number of nitrogens with zero attached hydrogens (tertiary/aromatic N) is 1. The Labute approximate surface area is 180 Å². The summed E-state index contributed by atoms with van der Waals surface area (Å²) in [6.45, 7) is 0. The van der Waals surface area contributed by atoms with Crippen molar-refractivity contribution in [1.82, 2.24) is 9.97 Å². The predicted molar refractivity (Wildman–Crippen MR) is 118 cm³/mol. The summed E-state index contributed by atoms with van der Waals surface area (Å²) in [5.74, 6) is -0.132. The van der Waals surface area contributed by atoms with Gasteiger partial charge in [0, 0.05) is 12.8 Å². The number of benzene rings is 2. The first-order valence-corrected chi connectivity index (χ1v) is 9.76. The van der Waals surface area contributed by atoms with Gasteiger partial charge in [-0.2, -0.15) is 0 Å². The van der Waals surface area contributed by atoms with E-state index in [-0.39, 0.29) is 31.2 Å². The zero-order chi connectivity index (χ0) is 20.4. The van der Waals surface area contributed by atoms with Crippen LogP contribution in [0.25, 0.3) is 28.2 Å². The Morgan fingerprint density at radius 2 is 1.73 bits per heavy atom. The van der Waals surface area contributed by atoms with Crippen molar-refractivity contribution in [2.24, 2.45) is 5.92 Å². The molecule has 1 fully saturated rings. The number of hydrogen-bond donors (Lipinski definition) is 1. The molecule has 160 valence electrons. The van der Waals surface area contributed by atoms with E-state index >= 15 is 0 Å². The van der Waals surface area contributed by atoms with E-state index < -0.39 is 5.92 Å². The van der Waals surface area contributed by atoms with Crippen LogP contribution in [0, 0.1) is 5.92 Å². The Kier molecular flexibility index (Phi) is 6.66. The van der Waals surface area contributed by atoms with E-state index in [9.17, 15) is 8.78 Å². The standard InChI is InChI=1S/C23H24F2N2O2.ClH/c1-28-19-4-3-5-20(29-2)22(19)16-7-8-17-18(14-16)27-21(26-17)9-6-15-10-12-23(24,25)13-11-15;/h3-9,14-15H,10-13H2,1-2H3,(H,26,27);1H. The fraction of sp³-hybridized carbons (Fsp3) is 0.348. The fourth-order valence-corrected chi connectivity index (χ4v) is 3.88. The Morgan fingerprint density at radius 1 is 1.07 bits per heavy atom. The number of imidazole rings is 1. The van der Waals surface area contributed by atoms with Crippen LogP contribution in [-0.4, -0.2) is 30.1 Å².